The van der Waals surface area contributed by atoms with Crippen molar-refractivity contribution in [3.8, 4) is 22.6 Å². The van der Waals surface area contributed by atoms with E-state index in [9.17, 15) is 14.9 Å². The highest BCUT2D eigenvalue weighted by Gasteiger charge is 2.21. The van der Waals surface area contributed by atoms with E-state index in [4.69, 9.17) is 14.6 Å². The van der Waals surface area contributed by atoms with Gasteiger partial charge in [0, 0.05) is 17.7 Å². The van der Waals surface area contributed by atoms with Crippen molar-refractivity contribution >= 4 is 11.7 Å². The maximum absolute atomic E-state index is 11.1. The average Bonchev–Trinajstić information content (AvgIpc) is 2.53. The summed E-state index contributed by atoms with van der Waals surface area (Å²) in [5.74, 6) is -0.297. The summed E-state index contributed by atoms with van der Waals surface area (Å²) in [6.45, 7) is 0. The number of nitro benzene ring substituents is 1. The number of rotatable bonds is 5. The Morgan fingerprint density at radius 3 is 2.41 bits per heavy atom. The Bertz CT molecular complexity index is 741. The van der Waals surface area contributed by atoms with Crippen LogP contribution in [-0.4, -0.2) is 30.2 Å². The molecule has 0 aliphatic rings. The lowest BCUT2D eigenvalue weighted by molar-refractivity contribution is -0.385. The Kier molecular flexibility index (Phi) is 4.26. The standard InChI is InChI=1S/C15H13NO6/c1-21-10-4-6-11(14(8-10)22-2)9-3-5-12(15(17)18)13(7-9)16(19)20/h3-8H,1-2H3,(H,17,18). The molecule has 0 heterocycles. The van der Waals surface area contributed by atoms with Crippen molar-refractivity contribution in [2.45, 2.75) is 0 Å². The Labute approximate surface area is 125 Å². The van der Waals surface area contributed by atoms with Gasteiger partial charge in [0.25, 0.3) is 5.69 Å². The van der Waals surface area contributed by atoms with E-state index in [1.54, 1.807) is 18.2 Å². The number of ether oxygens (including phenoxy) is 2. The Morgan fingerprint density at radius 1 is 1.14 bits per heavy atom. The summed E-state index contributed by atoms with van der Waals surface area (Å²) >= 11 is 0. The first-order chi connectivity index (χ1) is 10.5. The van der Waals surface area contributed by atoms with Gasteiger partial charge in [0.2, 0.25) is 0 Å². The van der Waals surface area contributed by atoms with Crippen LogP contribution in [0.15, 0.2) is 36.4 Å². The van der Waals surface area contributed by atoms with E-state index < -0.39 is 16.6 Å². The molecule has 0 aliphatic heterocycles. The van der Waals surface area contributed by atoms with Crippen LogP contribution in [0.25, 0.3) is 11.1 Å². The van der Waals surface area contributed by atoms with Gasteiger partial charge in [0.1, 0.15) is 17.1 Å². The Hall–Kier alpha value is -3.09. The van der Waals surface area contributed by atoms with E-state index in [0.29, 0.717) is 22.6 Å². The highest BCUT2D eigenvalue weighted by molar-refractivity contribution is 5.93. The van der Waals surface area contributed by atoms with Crippen LogP contribution < -0.4 is 9.47 Å². The van der Waals surface area contributed by atoms with E-state index in [2.05, 4.69) is 0 Å². The molecule has 0 bridgehead atoms. The molecule has 0 radical (unpaired) electrons. The van der Waals surface area contributed by atoms with Crippen LogP contribution in [0.2, 0.25) is 0 Å². The third-order valence-corrected chi connectivity index (χ3v) is 3.14. The molecule has 1 N–H and O–H groups in total. The van der Waals surface area contributed by atoms with E-state index in [1.165, 1.54) is 32.4 Å². The number of carboxylic acid groups (broad SMARTS) is 1. The van der Waals surface area contributed by atoms with Crippen molar-refractivity contribution in [2.75, 3.05) is 14.2 Å². The number of aromatic carboxylic acids is 1. The van der Waals surface area contributed by atoms with Crippen molar-refractivity contribution in [3.05, 3.63) is 52.1 Å². The number of nitrogens with zero attached hydrogens (tertiary/aromatic N) is 1. The highest BCUT2D eigenvalue weighted by atomic mass is 16.6. The zero-order valence-electron chi connectivity index (χ0n) is 11.9. The topological polar surface area (TPSA) is 98.9 Å². The second kappa shape index (κ2) is 6.13. The monoisotopic (exact) mass is 303 g/mol. The second-order valence-electron chi connectivity index (χ2n) is 4.36. The number of carboxylic acids is 1. The van der Waals surface area contributed by atoms with Crippen LogP contribution in [-0.2, 0) is 0 Å². The van der Waals surface area contributed by atoms with Crippen LogP contribution in [0.1, 0.15) is 10.4 Å². The SMILES string of the molecule is COc1ccc(-c2ccc(C(=O)O)c([N+](=O)[O-])c2)c(OC)c1. The number of hydrogen-bond donors (Lipinski definition) is 1. The number of hydrogen-bond acceptors (Lipinski definition) is 5. The third kappa shape index (κ3) is 2.83. The van der Waals surface area contributed by atoms with Crippen LogP contribution in [0, 0.1) is 10.1 Å². The van der Waals surface area contributed by atoms with Crippen LogP contribution in [0.4, 0.5) is 5.69 Å². The highest BCUT2D eigenvalue weighted by Crippen LogP contribution is 2.35. The maximum atomic E-state index is 11.1. The van der Waals surface area contributed by atoms with Gasteiger partial charge in [-0.05, 0) is 23.8 Å². The quantitative estimate of drug-likeness (QED) is 0.673. The second-order valence-corrected chi connectivity index (χ2v) is 4.36. The molecule has 0 saturated carbocycles. The summed E-state index contributed by atoms with van der Waals surface area (Å²) in [5.41, 5.74) is 0.253. The van der Waals surface area contributed by atoms with Gasteiger partial charge in [-0.1, -0.05) is 6.07 Å². The fourth-order valence-electron chi connectivity index (χ4n) is 2.07. The lowest BCUT2D eigenvalue weighted by atomic mass is 10.0. The van der Waals surface area contributed by atoms with Crippen molar-refractivity contribution in [2.24, 2.45) is 0 Å². The van der Waals surface area contributed by atoms with Crippen LogP contribution in [0.5, 0.6) is 11.5 Å². The van der Waals surface area contributed by atoms with Crippen molar-refractivity contribution in [3.63, 3.8) is 0 Å². The normalized spacial score (nSPS) is 10.1. The molecule has 0 aliphatic carbocycles. The molecule has 0 aromatic heterocycles. The third-order valence-electron chi connectivity index (χ3n) is 3.14. The molecule has 2 rings (SSSR count). The van der Waals surface area contributed by atoms with Gasteiger partial charge in [-0.2, -0.15) is 0 Å². The summed E-state index contributed by atoms with van der Waals surface area (Å²) in [7, 11) is 2.99. The molecule has 114 valence electrons. The molecule has 7 nitrogen and oxygen atoms in total. The number of carbonyl (C=O) groups is 1. The van der Waals surface area contributed by atoms with Crippen molar-refractivity contribution in [1.29, 1.82) is 0 Å². The van der Waals surface area contributed by atoms with Crippen molar-refractivity contribution in [1.82, 2.24) is 0 Å². The lowest BCUT2D eigenvalue weighted by Gasteiger charge is -2.11. The molecule has 7 heteroatoms. The minimum absolute atomic E-state index is 0.360. The van der Waals surface area contributed by atoms with Gasteiger partial charge in [0.05, 0.1) is 19.1 Å². The summed E-state index contributed by atoms with van der Waals surface area (Å²) < 4.78 is 10.3. The first-order valence-corrected chi connectivity index (χ1v) is 6.22. The number of benzene rings is 2. The minimum atomic E-state index is -1.35. The Balaban J connectivity index is 2.61. The smallest absolute Gasteiger partial charge is 0.342 e. The van der Waals surface area contributed by atoms with E-state index in [1.807, 2.05) is 0 Å². The molecular weight excluding hydrogens is 290 g/mol. The average molecular weight is 303 g/mol. The van der Waals surface area contributed by atoms with Crippen LogP contribution in [0.3, 0.4) is 0 Å². The molecule has 0 unspecified atom stereocenters. The van der Waals surface area contributed by atoms with Gasteiger partial charge in [-0.15, -0.1) is 0 Å². The summed E-state index contributed by atoms with van der Waals surface area (Å²) in [4.78, 5) is 21.4. The fraction of sp³-hybridized carbons (Fsp3) is 0.133. The van der Waals surface area contributed by atoms with Gasteiger partial charge in [-0.3, -0.25) is 10.1 Å². The van der Waals surface area contributed by atoms with E-state index >= 15 is 0 Å². The van der Waals surface area contributed by atoms with Crippen molar-refractivity contribution < 1.29 is 24.3 Å². The largest absolute Gasteiger partial charge is 0.497 e. The van der Waals surface area contributed by atoms with Gasteiger partial charge in [-0.25, -0.2) is 4.79 Å². The first kappa shape index (κ1) is 15.3. The molecule has 22 heavy (non-hydrogen) atoms. The number of methoxy groups -OCH3 is 2. The molecule has 0 amide bonds. The van der Waals surface area contributed by atoms with Crippen LogP contribution >= 0.6 is 0 Å². The molecule has 0 saturated heterocycles. The molecular formula is C15H13NO6. The lowest BCUT2D eigenvalue weighted by Crippen LogP contribution is -2.02. The summed E-state index contributed by atoms with van der Waals surface area (Å²) in [6, 6.07) is 8.95. The van der Waals surface area contributed by atoms with E-state index in [0.717, 1.165) is 0 Å². The zero-order chi connectivity index (χ0) is 16.3. The predicted molar refractivity (Wildman–Crippen MR) is 78.6 cm³/mol. The summed E-state index contributed by atoms with van der Waals surface area (Å²) in [6.07, 6.45) is 0. The van der Waals surface area contributed by atoms with Gasteiger partial charge in [0.15, 0.2) is 0 Å². The molecule has 0 atom stereocenters. The van der Waals surface area contributed by atoms with E-state index in [-0.39, 0.29) is 5.56 Å². The van der Waals surface area contributed by atoms with Gasteiger partial charge < -0.3 is 14.6 Å². The van der Waals surface area contributed by atoms with Gasteiger partial charge >= 0.3 is 5.97 Å². The zero-order valence-corrected chi connectivity index (χ0v) is 11.9. The molecule has 0 fully saturated rings. The minimum Gasteiger partial charge on any atom is -0.497 e. The Morgan fingerprint density at radius 2 is 1.86 bits per heavy atom. The number of nitro groups is 1. The fourth-order valence-corrected chi connectivity index (χ4v) is 2.07. The first-order valence-electron chi connectivity index (χ1n) is 6.22. The molecule has 2 aromatic rings. The predicted octanol–water partition coefficient (Wildman–Crippen LogP) is 2.98. The molecule has 0 spiro atoms. The maximum Gasteiger partial charge on any atom is 0.342 e. The summed E-state index contributed by atoms with van der Waals surface area (Å²) in [5, 5.41) is 20.1. The molecule has 2 aromatic carbocycles.